The molecule has 0 radical (unpaired) electrons. The minimum atomic E-state index is -2.33. The zero-order valence-corrected chi connectivity index (χ0v) is 10.5. The maximum absolute atomic E-state index is 8.33. The smallest absolute Gasteiger partial charge is 0.652 e. The second-order valence-electron chi connectivity index (χ2n) is 1.98. The van der Waals surface area contributed by atoms with E-state index >= 15 is 0 Å². The van der Waals surface area contributed by atoms with E-state index in [1.807, 2.05) is 0 Å². The van der Waals surface area contributed by atoms with E-state index in [-0.39, 0.29) is 19.5 Å². The van der Waals surface area contributed by atoms with Crippen molar-refractivity contribution in [1.29, 1.82) is 5.41 Å². The molecule has 1 saturated heterocycles. The number of hydrogen-bond acceptors (Lipinski definition) is 5. The Morgan fingerprint density at radius 3 is 2.08 bits per heavy atom. The topological polar surface area (TPSA) is 87.0 Å². The molecule has 1 N–H and O–H groups in total. The molecular formula is C6H9NO3SZn. The summed E-state index contributed by atoms with van der Waals surface area (Å²) in [5.74, 6) is 1.18. The van der Waals surface area contributed by atoms with Crippen LogP contribution in [-0.2, 0) is 19.5 Å². The molecule has 0 aliphatic carbocycles. The molecule has 0 aromatic carbocycles. The summed E-state index contributed by atoms with van der Waals surface area (Å²) in [5, 5.41) is 24.7. The number of rotatable bonds is 0. The van der Waals surface area contributed by atoms with Crippen LogP contribution >= 0.6 is 11.8 Å². The zero-order valence-electron chi connectivity index (χ0n) is 6.67. The SMILES string of the molecule is N=C1CCCCS1.O=C([O-])[O-].[Zn+2]. The Balaban J connectivity index is 0. The predicted molar refractivity (Wildman–Crippen MR) is 39.4 cm³/mol. The second-order valence-corrected chi connectivity index (χ2v) is 3.17. The Morgan fingerprint density at radius 2 is 1.92 bits per heavy atom. The monoisotopic (exact) mass is 239 g/mol. The van der Waals surface area contributed by atoms with Crippen molar-refractivity contribution in [3.8, 4) is 0 Å². The Hall–Kier alpha value is -0.0866. The third-order valence-electron chi connectivity index (χ3n) is 1.07. The fraction of sp³-hybridized carbons (Fsp3) is 0.667. The van der Waals surface area contributed by atoms with E-state index in [0.717, 1.165) is 11.5 Å². The van der Waals surface area contributed by atoms with Gasteiger partial charge >= 0.3 is 19.5 Å². The largest absolute Gasteiger partial charge is 2.00 e. The minimum absolute atomic E-state index is 0. The summed E-state index contributed by atoms with van der Waals surface area (Å²) in [6.45, 7) is 0. The van der Waals surface area contributed by atoms with E-state index in [4.69, 9.17) is 20.4 Å². The van der Waals surface area contributed by atoms with Gasteiger partial charge in [-0.2, -0.15) is 0 Å². The summed E-state index contributed by atoms with van der Waals surface area (Å²) in [4.78, 5) is 8.33. The molecule has 6 heteroatoms. The third kappa shape index (κ3) is 12.6. The quantitative estimate of drug-likeness (QED) is 0.575. The fourth-order valence-corrected chi connectivity index (χ4v) is 1.54. The standard InChI is InChI=1S/C5H9NS.CH2O3.Zn/c6-5-3-1-2-4-7-5;2-1(3)4;/h6H,1-4H2;(H2,2,3,4);/q;;+2/p-2. The maximum atomic E-state index is 8.33. The van der Waals surface area contributed by atoms with Gasteiger partial charge < -0.3 is 15.0 Å². The van der Waals surface area contributed by atoms with Gasteiger partial charge in [-0.05, 0) is 31.2 Å². The van der Waals surface area contributed by atoms with Gasteiger partial charge in [0.05, 0.1) is 5.04 Å². The number of carbonyl (C=O) groups is 1. The third-order valence-corrected chi connectivity index (χ3v) is 2.12. The van der Waals surface area contributed by atoms with Crippen LogP contribution in [0.2, 0.25) is 0 Å². The molecule has 0 unspecified atom stereocenters. The van der Waals surface area contributed by atoms with Crippen LogP contribution in [0.5, 0.6) is 0 Å². The molecule has 0 amide bonds. The van der Waals surface area contributed by atoms with Crippen molar-refractivity contribution in [3.63, 3.8) is 0 Å². The molecule has 0 aromatic heterocycles. The number of nitrogens with one attached hydrogen (secondary N) is 1. The van der Waals surface area contributed by atoms with Crippen molar-refractivity contribution >= 4 is 23.0 Å². The van der Waals surface area contributed by atoms with Crippen LogP contribution in [0.3, 0.4) is 0 Å². The number of thioether (sulfide) groups is 1. The van der Waals surface area contributed by atoms with Gasteiger partial charge in [-0.15, -0.1) is 11.8 Å². The van der Waals surface area contributed by atoms with Crippen LogP contribution in [0.4, 0.5) is 4.79 Å². The van der Waals surface area contributed by atoms with Gasteiger partial charge in [0.2, 0.25) is 0 Å². The van der Waals surface area contributed by atoms with Crippen LogP contribution < -0.4 is 10.2 Å². The molecule has 1 aliphatic rings. The summed E-state index contributed by atoms with van der Waals surface area (Å²) >= 11 is 1.70. The average Bonchev–Trinajstić information content (AvgIpc) is 1.87. The molecule has 0 aromatic rings. The molecule has 0 atom stereocenters. The summed E-state index contributed by atoms with van der Waals surface area (Å²) < 4.78 is 0. The molecule has 1 heterocycles. The molecule has 0 bridgehead atoms. The molecule has 0 spiro atoms. The van der Waals surface area contributed by atoms with E-state index in [1.54, 1.807) is 11.8 Å². The molecule has 0 saturated carbocycles. The van der Waals surface area contributed by atoms with E-state index in [9.17, 15) is 0 Å². The van der Waals surface area contributed by atoms with Gasteiger partial charge in [0.1, 0.15) is 0 Å². The number of carboxylic acid groups (broad SMARTS) is 2. The van der Waals surface area contributed by atoms with Crippen LogP contribution in [0.25, 0.3) is 0 Å². The van der Waals surface area contributed by atoms with E-state index < -0.39 is 6.16 Å². The van der Waals surface area contributed by atoms with Gasteiger partial charge in [-0.25, -0.2) is 0 Å². The summed E-state index contributed by atoms with van der Waals surface area (Å²) in [6, 6.07) is 0. The van der Waals surface area contributed by atoms with Gasteiger partial charge in [0.25, 0.3) is 0 Å². The van der Waals surface area contributed by atoms with Gasteiger partial charge in [-0.3, -0.25) is 5.41 Å². The fourth-order valence-electron chi connectivity index (χ4n) is 0.655. The molecule has 1 rings (SSSR count). The number of hydrogen-bond donors (Lipinski definition) is 1. The van der Waals surface area contributed by atoms with Crippen molar-refractivity contribution in [3.05, 3.63) is 0 Å². The van der Waals surface area contributed by atoms with Crippen LogP contribution in [-0.4, -0.2) is 17.0 Å². The van der Waals surface area contributed by atoms with Crippen LogP contribution in [0, 0.1) is 5.41 Å². The molecule has 1 fully saturated rings. The summed E-state index contributed by atoms with van der Waals surface area (Å²) in [6.07, 6.45) is 1.25. The Morgan fingerprint density at radius 1 is 1.42 bits per heavy atom. The van der Waals surface area contributed by atoms with Gasteiger partial charge in [-0.1, -0.05) is 0 Å². The van der Waals surface area contributed by atoms with Crippen molar-refractivity contribution < 1.29 is 34.5 Å². The van der Waals surface area contributed by atoms with Crippen molar-refractivity contribution in [2.75, 3.05) is 5.75 Å². The van der Waals surface area contributed by atoms with E-state index in [0.29, 0.717) is 0 Å². The average molecular weight is 241 g/mol. The molecule has 1 aliphatic heterocycles. The van der Waals surface area contributed by atoms with Crippen molar-refractivity contribution in [2.45, 2.75) is 19.3 Å². The molecule has 64 valence electrons. The van der Waals surface area contributed by atoms with Crippen LogP contribution in [0.15, 0.2) is 0 Å². The number of carbonyl (C=O) groups excluding carboxylic acids is 1. The predicted octanol–water partition coefficient (Wildman–Crippen LogP) is -0.569. The summed E-state index contributed by atoms with van der Waals surface area (Å²) in [7, 11) is 0. The zero-order chi connectivity index (χ0) is 8.69. The van der Waals surface area contributed by atoms with Crippen molar-refractivity contribution in [1.82, 2.24) is 0 Å². The van der Waals surface area contributed by atoms with E-state index in [1.165, 1.54) is 18.6 Å². The van der Waals surface area contributed by atoms with Gasteiger partial charge in [0.15, 0.2) is 0 Å². The maximum Gasteiger partial charge on any atom is 2.00 e. The normalized spacial score (nSPS) is 15.2. The molecule has 12 heavy (non-hydrogen) atoms. The minimum Gasteiger partial charge on any atom is -0.652 e. The first-order valence-electron chi connectivity index (χ1n) is 3.21. The first-order chi connectivity index (χ1) is 5.13. The molecular weight excluding hydrogens is 232 g/mol. The Labute approximate surface area is 88.0 Å². The second kappa shape index (κ2) is 9.01. The van der Waals surface area contributed by atoms with Gasteiger partial charge in [0, 0.05) is 0 Å². The summed E-state index contributed by atoms with van der Waals surface area (Å²) in [5.41, 5.74) is 0. The van der Waals surface area contributed by atoms with Crippen LogP contribution in [0.1, 0.15) is 19.3 Å². The Kier molecular flexibility index (Phi) is 10.8. The Bertz CT molecular complexity index is 142. The van der Waals surface area contributed by atoms with Crippen molar-refractivity contribution in [2.24, 2.45) is 0 Å². The first kappa shape index (κ1) is 14.4. The van der Waals surface area contributed by atoms with E-state index in [2.05, 4.69) is 0 Å². The molecule has 4 nitrogen and oxygen atoms in total. The first-order valence-corrected chi connectivity index (χ1v) is 4.19.